The lowest BCUT2D eigenvalue weighted by Gasteiger charge is -2.20. The second-order valence-corrected chi connectivity index (χ2v) is 4.42. The number of para-hydroxylation sites is 1. The molecule has 0 fully saturated rings. The molecule has 20 heavy (non-hydrogen) atoms. The van der Waals surface area contributed by atoms with E-state index in [4.69, 9.17) is 16.7 Å². The van der Waals surface area contributed by atoms with Crippen LogP contribution < -0.4 is 4.90 Å². The number of hydrogen-bond donors (Lipinski definition) is 1. The van der Waals surface area contributed by atoms with Crippen molar-refractivity contribution in [3.05, 3.63) is 59.4 Å². The van der Waals surface area contributed by atoms with E-state index < -0.39 is 18.4 Å². The van der Waals surface area contributed by atoms with Gasteiger partial charge in [-0.2, -0.15) is 0 Å². The quantitative estimate of drug-likeness (QED) is 0.939. The van der Waals surface area contributed by atoms with Gasteiger partial charge in [-0.05, 0) is 24.3 Å². The number of carboxylic acids is 1. The number of amides is 1. The third-order valence-corrected chi connectivity index (χ3v) is 2.78. The van der Waals surface area contributed by atoms with E-state index in [1.54, 1.807) is 30.3 Å². The summed E-state index contributed by atoms with van der Waals surface area (Å²) in [6.07, 6.45) is 1.35. The van der Waals surface area contributed by atoms with Crippen LogP contribution in [-0.4, -0.2) is 28.5 Å². The largest absolute Gasteiger partial charge is 0.480 e. The van der Waals surface area contributed by atoms with Crippen LogP contribution in [0.2, 0.25) is 5.02 Å². The normalized spacial score (nSPS) is 10.1. The molecule has 6 heteroatoms. The summed E-state index contributed by atoms with van der Waals surface area (Å²) >= 11 is 5.72. The van der Waals surface area contributed by atoms with E-state index >= 15 is 0 Å². The van der Waals surface area contributed by atoms with Gasteiger partial charge in [0.15, 0.2) is 0 Å². The van der Waals surface area contributed by atoms with Gasteiger partial charge < -0.3 is 5.11 Å². The standard InChI is InChI=1S/C14H11ClN2O3/c15-10-6-7-12(16-8-10)14(20)17(9-13(18)19)11-4-2-1-3-5-11/h1-8H,9H2,(H,18,19). The highest BCUT2D eigenvalue weighted by molar-refractivity contribution is 6.30. The Hall–Kier alpha value is -2.40. The maximum absolute atomic E-state index is 12.3. The predicted molar refractivity (Wildman–Crippen MR) is 75.0 cm³/mol. The van der Waals surface area contributed by atoms with Gasteiger partial charge in [-0.1, -0.05) is 29.8 Å². The van der Waals surface area contributed by atoms with Crippen LogP contribution in [0.15, 0.2) is 48.7 Å². The summed E-state index contributed by atoms with van der Waals surface area (Å²) in [4.78, 5) is 28.4. The molecule has 0 unspecified atom stereocenters. The van der Waals surface area contributed by atoms with Gasteiger partial charge >= 0.3 is 5.97 Å². The molecule has 0 radical (unpaired) electrons. The highest BCUT2D eigenvalue weighted by Gasteiger charge is 2.21. The summed E-state index contributed by atoms with van der Waals surface area (Å²) in [6.45, 7) is -0.437. The smallest absolute Gasteiger partial charge is 0.323 e. The van der Waals surface area contributed by atoms with E-state index in [1.165, 1.54) is 18.3 Å². The lowest BCUT2D eigenvalue weighted by molar-refractivity contribution is -0.135. The molecule has 0 aliphatic carbocycles. The Labute approximate surface area is 120 Å². The number of carbonyl (C=O) groups excluding carboxylic acids is 1. The van der Waals surface area contributed by atoms with E-state index in [0.717, 1.165) is 4.90 Å². The van der Waals surface area contributed by atoms with Crippen LogP contribution in [0.5, 0.6) is 0 Å². The van der Waals surface area contributed by atoms with E-state index in [9.17, 15) is 9.59 Å². The Balaban J connectivity index is 2.34. The SMILES string of the molecule is O=C(O)CN(C(=O)c1ccc(Cl)cn1)c1ccccc1. The number of benzene rings is 1. The molecule has 0 saturated carbocycles. The van der Waals surface area contributed by atoms with Crippen molar-refractivity contribution in [3.63, 3.8) is 0 Å². The molecule has 102 valence electrons. The molecule has 0 aliphatic rings. The predicted octanol–water partition coefficient (Wildman–Crippen LogP) is 2.47. The van der Waals surface area contributed by atoms with Gasteiger partial charge in [-0.25, -0.2) is 4.98 Å². The van der Waals surface area contributed by atoms with Crippen LogP contribution in [0.1, 0.15) is 10.5 Å². The van der Waals surface area contributed by atoms with Gasteiger partial charge in [0, 0.05) is 11.9 Å². The molecule has 1 N–H and O–H groups in total. The Kier molecular flexibility index (Phi) is 4.32. The molecule has 1 aromatic heterocycles. The number of hydrogen-bond acceptors (Lipinski definition) is 3. The third kappa shape index (κ3) is 3.33. The maximum Gasteiger partial charge on any atom is 0.323 e. The average Bonchev–Trinajstić information content (AvgIpc) is 2.45. The molecule has 0 atom stereocenters. The Bertz CT molecular complexity index is 614. The number of carbonyl (C=O) groups is 2. The van der Waals surface area contributed by atoms with Crippen molar-refractivity contribution >= 4 is 29.2 Å². The van der Waals surface area contributed by atoms with Crippen molar-refractivity contribution in [1.82, 2.24) is 4.98 Å². The van der Waals surface area contributed by atoms with Gasteiger partial charge in [-0.3, -0.25) is 14.5 Å². The number of carboxylic acid groups (broad SMARTS) is 1. The molecule has 2 rings (SSSR count). The second-order valence-electron chi connectivity index (χ2n) is 3.98. The summed E-state index contributed by atoms with van der Waals surface area (Å²) < 4.78 is 0. The van der Waals surface area contributed by atoms with E-state index in [1.807, 2.05) is 0 Å². The molecule has 1 amide bonds. The van der Waals surface area contributed by atoms with Crippen molar-refractivity contribution in [2.45, 2.75) is 0 Å². The summed E-state index contributed by atoms with van der Waals surface area (Å²) in [5.74, 6) is -1.59. The highest BCUT2D eigenvalue weighted by atomic mass is 35.5. The van der Waals surface area contributed by atoms with Crippen LogP contribution in [0.3, 0.4) is 0 Å². The Morgan fingerprint density at radius 1 is 1.15 bits per heavy atom. The molecule has 1 heterocycles. The van der Waals surface area contributed by atoms with Crippen molar-refractivity contribution in [2.24, 2.45) is 0 Å². The zero-order valence-electron chi connectivity index (χ0n) is 10.4. The molecular formula is C14H11ClN2O3. The Morgan fingerprint density at radius 2 is 1.85 bits per heavy atom. The van der Waals surface area contributed by atoms with E-state index in [-0.39, 0.29) is 5.69 Å². The van der Waals surface area contributed by atoms with Crippen LogP contribution in [-0.2, 0) is 4.79 Å². The lowest BCUT2D eigenvalue weighted by Crippen LogP contribution is -2.36. The van der Waals surface area contributed by atoms with Gasteiger partial charge in [0.2, 0.25) is 0 Å². The number of nitrogens with zero attached hydrogens (tertiary/aromatic N) is 2. The summed E-state index contributed by atoms with van der Waals surface area (Å²) in [5, 5.41) is 9.36. The number of halogens is 1. The molecule has 5 nitrogen and oxygen atoms in total. The van der Waals surface area contributed by atoms with Gasteiger partial charge in [0.25, 0.3) is 5.91 Å². The van der Waals surface area contributed by atoms with Gasteiger partial charge in [0.05, 0.1) is 5.02 Å². The number of aliphatic carboxylic acids is 1. The molecule has 2 aromatic rings. The van der Waals surface area contributed by atoms with Gasteiger partial charge in [-0.15, -0.1) is 0 Å². The molecule has 0 bridgehead atoms. The van der Waals surface area contributed by atoms with Crippen molar-refractivity contribution < 1.29 is 14.7 Å². The lowest BCUT2D eigenvalue weighted by atomic mass is 10.2. The first-order valence-corrected chi connectivity index (χ1v) is 6.16. The average molecular weight is 291 g/mol. The first-order valence-electron chi connectivity index (χ1n) is 5.78. The fourth-order valence-electron chi connectivity index (χ4n) is 1.66. The number of pyridine rings is 1. The summed E-state index contributed by atoms with van der Waals surface area (Å²) in [7, 11) is 0. The second kappa shape index (κ2) is 6.16. The van der Waals surface area contributed by atoms with Crippen molar-refractivity contribution in [2.75, 3.05) is 11.4 Å². The van der Waals surface area contributed by atoms with Gasteiger partial charge in [0.1, 0.15) is 12.2 Å². The van der Waals surface area contributed by atoms with Crippen molar-refractivity contribution in [3.8, 4) is 0 Å². The minimum Gasteiger partial charge on any atom is -0.480 e. The molecule has 0 saturated heterocycles. The van der Waals surface area contributed by atoms with E-state index in [2.05, 4.69) is 4.98 Å². The monoisotopic (exact) mass is 290 g/mol. The third-order valence-electron chi connectivity index (χ3n) is 2.55. The minimum atomic E-state index is -1.10. The maximum atomic E-state index is 12.3. The van der Waals surface area contributed by atoms with Crippen LogP contribution in [0.4, 0.5) is 5.69 Å². The first-order chi connectivity index (χ1) is 9.58. The fourth-order valence-corrected chi connectivity index (χ4v) is 1.78. The van der Waals surface area contributed by atoms with Crippen LogP contribution in [0, 0.1) is 0 Å². The molecule has 0 aliphatic heterocycles. The molecule has 0 spiro atoms. The zero-order chi connectivity index (χ0) is 14.5. The Morgan fingerprint density at radius 3 is 2.40 bits per heavy atom. The zero-order valence-corrected chi connectivity index (χ0v) is 11.1. The van der Waals surface area contributed by atoms with E-state index in [0.29, 0.717) is 10.7 Å². The summed E-state index contributed by atoms with van der Waals surface area (Å²) in [5.41, 5.74) is 0.635. The molecule has 1 aromatic carbocycles. The highest BCUT2D eigenvalue weighted by Crippen LogP contribution is 2.16. The number of aromatic nitrogens is 1. The van der Waals surface area contributed by atoms with Crippen LogP contribution >= 0.6 is 11.6 Å². The van der Waals surface area contributed by atoms with Crippen LogP contribution in [0.25, 0.3) is 0 Å². The number of anilines is 1. The fraction of sp³-hybridized carbons (Fsp3) is 0.0714. The minimum absolute atomic E-state index is 0.138. The molecular weight excluding hydrogens is 280 g/mol. The summed E-state index contributed by atoms with van der Waals surface area (Å²) in [6, 6.07) is 11.6. The topological polar surface area (TPSA) is 70.5 Å². The first kappa shape index (κ1) is 14.0. The number of rotatable bonds is 4. The van der Waals surface area contributed by atoms with Crippen molar-refractivity contribution in [1.29, 1.82) is 0 Å².